The van der Waals surface area contributed by atoms with E-state index < -0.39 is 0 Å². The van der Waals surface area contributed by atoms with E-state index in [0.29, 0.717) is 10.7 Å². The number of anilines is 1. The number of hydrogen-bond acceptors (Lipinski definition) is 3. The molecule has 0 spiro atoms. The number of amides is 1. The number of thiazole rings is 1. The van der Waals surface area contributed by atoms with Gasteiger partial charge in [0.25, 0.3) is 5.91 Å². The lowest BCUT2D eigenvalue weighted by Gasteiger charge is -2.09. The number of nitrogens with one attached hydrogen (secondary N) is 1. The maximum Gasteiger partial charge on any atom is 0.257 e. The molecule has 3 aromatic rings. The first kappa shape index (κ1) is 14.5. The highest BCUT2D eigenvalue weighted by Gasteiger charge is 2.12. The van der Waals surface area contributed by atoms with Crippen LogP contribution in [0.3, 0.4) is 0 Å². The summed E-state index contributed by atoms with van der Waals surface area (Å²) in [5.41, 5.74) is 3.70. The van der Waals surface area contributed by atoms with E-state index in [9.17, 15) is 4.79 Å². The van der Waals surface area contributed by atoms with Gasteiger partial charge in [-0.3, -0.25) is 10.1 Å². The van der Waals surface area contributed by atoms with Crippen LogP contribution in [-0.4, -0.2) is 15.5 Å². The van der Waals surface area contributed by atoms with Gasteiger partial charge < -0.3 is 4.57 Å². The Labute approximate surface area is 133 Å². The first-order valence-corrected chi connectivity index (χ1v) is 7.85. The molecule has 5 heteroatoms. The van der Waals surface area contributed by atoms with E-state index in [0.717, 1.165) is 21.8 Å². The van der Waals surface area contributed by atoms with Gasteiger partial charge in [-0.15, -0.1) is 11.3 Å². The molecule has 0 aliphatic rings. The Bertz CT molecular complexity index is 799. The summed E-state index contributed by atoms with van der Waals surface area (Å²) >= 11 is 1.49. The van der Waals surface area contributed by atoms with Crippen molar-refractivity contribution in [2.45, 2.75) is 20.8 Å². The van der Waals surface area contributed by atoms with Crippen molar-refractivity contribution in [3.8, 4) is 5.69 Å². The average molecular weight is 311 g/mol. The van der Waals surface area contributed by atoms with Gasteiger partial charge in [0.05, 0.1) is 5.69 Å². The van der Waals surface area contributed by atoms with Crippen LogP contribution in [0.1, 0.15) is 26.5 Å². The molecule has 0 saturated carbocycles. The van der Waals surface area contributed by atoms with Gasteiger partial charge in [-0.25, -0.2) is 4.98 Å². The van der Waals surface area contributed by atoms with E-state index in [2.05, 4.69) is 10.3 Å². The number of aromatic nitrogens is 2. The summed E-state index contributed by atoms with van der Waals surface area (Å²) < 4.78 is 2.00. The number of carbonyl (C=O) groups is 1. The summed E-state index contributed by atoms with van der Waals surface area (Å²) in [6.45, 7) is 5.97. The van der Waals surface area contributed by atoms with Crippen molar-refractivity contribution in [1.29, 1.82) is 0 Å². The zero-order chi connectivity index (χ0) is 15.7. The van der Waals surface area contributed by atoms with E-state index in [-0.39, 0.29) is 5.91 Å². The number of carbonyl (C=O) groups excluding carboxylic acids is 1. The molecule has 22 heavy (non-hydrogen) atoms. The Morgan fingerprint density at radius 2 is 1.91 bits per heavy atom. The second-order valence-electron chi connectivity index (χ2n) is 5.21. The molecular weight excluding hydrogens is 294 g/mol. The molecule has 3 rings (SSSR count). The fourth-order valence-electron chi connectivity index (χ4n) is 2.22. The molecule has 0 saturated heterocycles. The topological polar surface area (TPSA) is 46.9 Å². The third-order valence-electron chi connectivity index (χ3n) is 3.60. The van der Waals surface area contributed by atoms with Crippen LogP contribution < -0.4 is 5.32 Å². The summed E-state index contributed by atoms with van der Waals surface area (Å²) in [6.07, 6.45) is 3.94. The molecule has 0 aliphatic heterocycles. The minimum Gasteiger partial charge on any atom is -0.324 e. The Morgan fingerprint density at radius 1 is 1.18 bits per heavy atom. The third kappa shape index (κ3) is 2.80. The molecule has 112 valence electrons. The van der Waals surface area contributed by atoms with Crippen LogP contribution in [0.2, 0.25) is 0 Å². The van der Waals surface area contributed by atoms with Gasteiger partial charge in [0.1, 0.15) is 0 Å². The zero-order valence-electron chi connectivity index (χ0n) is 12.8. The zero-order valence-corrected chi connectivity index (χ0v) is 13.6. The largest absolute Gasteiger partial charge is 0.324 e. The molecule has 0 fully saturated rings. The number of benzene rings is 1. The number of aryl methyl sites for hydroxylation is 3. The molecule has 0 radical (unpaired) electrons. The van der Waals surface area contributed by atoms with Crippen LogP contribution >= 0.6 is 11.3 Å². The van der Waals surface area contributed by atoms with Crippen molar-refractivity contribution < 1.29 is 4.79 Å². The van der Waals surface area contributed by atoms with Crippen LogP contribution in [0.15, 0.2) is 42.7 Å². The lowest BCUT2D eigenvalue weighted by atomic mass is 10.1. The highest BCUT2D eigenvalue weighted by atomic mass is 32.1. The van der Waals surface area contributed by atoms with E-state index in [1.165, 1.54) is 11.3 Å². The predicted octanol–water partition coefficient (Wildman–Crippen LogP) is 4.11. The smallest absolute Gasteiger partial charge is 0.257 e. The van der Waals surface area contributed by atoms with Gasteiger partial charge in [-0.1, -0.05) is 6.07 Å². The fraction of sp³-hybridized carbons (Fsp3) is 0.176. The molecule has 1 amide bonds. The van der Waals surface area contributed by atoms with Crippen molar-refractivity contribution in [2.75, 3.05) is 5.32 Å². The van der Waals surface area contributed by atoms with Crippen LogP contribution in [0.4, 0.5) is 5.13 Å². The van der Waals surface area contributed by atoms with Gasteiger partial charge in [0.2, 0.25) is 0 Å². The minimum absolute atomic E-state index is 0.137. The highest BCUT2D eigenvalue weighted by Crippen LogP contribution is 2.22. The Balaban J connectivity index is 1.88. The molecule has 0 atom stereocenters. The summed E-state index contributed by atoms with van der Waals surface area (Å²) in [6, 6.07) is 9.63. The molecule has 4 nitrogen and oxygen atoms in total. The van der Waals surface area contributed by atoms with Crippen molar-refractivity contribution >= 4 is 22.4 Å². The number of nitrogens with zero attached hydrogens (tertiary/aromatic N) is 2. The van der Waals surface area contributed by atoms with Crippen molar-refractivity contribution in [1.82, 2.24) is 9.55 Å². The minimum atomic E-state index is -0.137. The quantitative estimate of drug-likeness (QED) is 0.791. The van der Waals surface area contributed by atoms with Crippen LogP contribution in [0, 0.1) is 20.8 Å². The van der Waals surface area contributed by atoms with E-state index >= 15 is 0 Å². The van der Waals surface area contributed by atoms with Gasteiger partial charge in [0.15, 0.2) is 5.13 Å². The third-order valence-corrected chi connectivity index (χ3v) is 4.59. The Kier molecular flexibility index (Phi) is 3.81. The Morgan fingerprint density at radius 3 is 2.55 bits per heavy atom. The first-order valence-electron chi connectivity index (χ1n) is 7.04. The maximum absolute atomic E-state index is 12.4. The average Bonchev–Trinajstić information content (AvgIpc) is 3.10. The number of rotatable bonds is 3. The van der Waals surface area contributed by atoms with E-state index in [1.807, 2.05) is 68.1 Å². The second kappa shape index (κ2) is 5.77. The fourth-order valence-corrected chi connectivity index (χ4v) is 3.03. The van der Waals surface area contributed by atoms with Crippen LogP contribution in [0.25, 0.3) is 5.69 Å². The standard InChI is InChI=1S/C17H17N3OS/c1-11-6-7-14(10-15(11)20-8-4-5-9-20)16(21)19-17-18-12(2)13(3)22-17/h4-10H,1-3H3,(H,18,19,21). The maximum atomic E-state index is 12.4. The normalized spacial score (nSPS) is 10.7. The summed E-state index contributed by atoms with van der Waals surface area (Å²) in [5, 5.41) is 3.51. The molecule has 1 N–H and O–H groups in total. The van der Waals surface area contributed by atoms with Crippen LogP contribution in [0.5, 0.6) is 0 Å². The molecule has 0 bridgehead atoms. The van der Waals surface area contributed by atoms with Crippen molar-refractivity contribution in [3.05, 3.63) is 64.4 Å². The monoisotopic (exact) mass is 311 g/mol. The second-order valence-corrected chi connectivity index (χ2v) is 6.41. The summed E-state index contributed by atoms with van der Waals surface area (Å²) in [4.78, 5) is 17.9. The van der Waals surface area contributed by atoms with Gasteiger partial charge in [-0.05, 0) is 50.6 Å². The lowest BCUT2D eigenvalue weighted by Crippen LogP contribution is -2.12. The molecule has 0 unspecified atom stereocenters. The van der Waals surface area contributed by atoms with E-state index in [1.54, 1.807) is 0 Å². The molecule has 1 aromatic carbocycles. The first-order chi connectivity index (χ1) is 10.5. The summed E-state index contributed by atoms with van der Waals surface area (Å²) in [5.74, 6) is -0.137. The van der Waals surface area contributed by atoms with Gasteiger partial charge >= 0.3 is 0 Å². The molecule has 2 heterocycles. The van der Waals surface area contributed by atoms with Crippen molar-refractivity contribution in [2.24, 2.45) is 0 Å². The highest BCUT2D eigenvalue weighted by molar-refractivity contribution is 7.15. The van der Waals surface area contributed by atoms with E-state index in [4.69, 9.17) is 0 Å². The van der Waals surface area contributed by atoms with Gasteiger partial charge in [0, 0.05) is 28.5 Å². The predicted molar refractivity (Wildman–Crippen MR) is 90.0 cm³/mol. The molecule has 0 aliphatic carbocycles. The molecule has 2 aromatic heterocycles. The summed E-state index contributed by atoms with van der Waals surface area (Å²) in [7, 11) is 0. The van der Waals surface area contributed by atoms with Crippen molar-refractivity contribution in [3.63, 3.8) is 0 Å². The van der Waals surface area contributed by atoms with Crippen LogP contribution in [-0.2, 0) is 0 Å². The lowest BCUT2D eigenvalue weighted by molar-refractivity contribution is 0.102. The Hall–Kier alpha value is -2.40. The molecular formula is C17H17N3OS. The SMILES string of the molecule is Cc1ccc(C(=O)Nc2nc(C)c(C)s2)cc1-n1cccc1. The number of hydrogen-bond donors (Lipinski definition) is 1. The van der Waals surface area contributed by atoms with Gasteiger partial charge in [-0.2, -0.15) is 0 Å².